The van der Waals surface area contributed by atoms with Crippen LogP contribution in [0.4, 0.5) is 0 Å². The van der Waals surface area contributed by atoms with E-state index < -0.39 is 11.9 Å². The first-order chi connectivity index (χ1) is 13.8. The van der Waals surface area contributed by atoms with Gasteiger partial charge in [0.25, 0.3) is 0 Å². The summed E-state index contributed by atoms with van der Waals surface area (Å²) >= 11 is 0. The summed E-state index contributed by atoms with van der Waals surface area (Å²) in [7, 11) is 0. The molecule has 0 aliphatic heterocycles. The summed E-state index contributed by atoms with van der Waals surface area (Å²) in [6.07, 6.45) is 7.28. The van der Waals surface area contributed by atoms with E-state index in [1.54, 1.807) is 0 Å². The second kappa shape index (κ2) is 19.9. The third-order valence-electron chi connectivity index (χ3n) is 5.28. The van der Waals surface area contributed by atoms with Crippen LogP contribution in [0, 0.1) is 0 Å². The van der Waals surface area contributed by atoms with E-state index in [4.69, 9.17) is 5.11 Å². The van der Waals surface area contributed by atoms with E-state index in [9.17, 15) is 24.6 Å². The van der Waals surface area contributed by atoms with Gasteiger partial charge in [-0.3, -0.25) is 9.59 Å². The molecule has 0 aliphatic carbocycles. The van der Waals surface area contributed by atoms with Gasteiger partial charge in [-0.1, -0.05) is 26.2 Å². The van der Waals surface area contributed by atoms with Crippen LogP contribution < -0.4 is 29.3 Å². The van der Waals surface area contributed by atoms with Crippen LogP contribution in [0.3, 0.4) is 0 Å². The van der Waals surface area contributed by atoms with Crippen LogP contribution in [0.5, 0.6) is 0 Å². The maximum Gasteiger partial charge on any atom is 1.00 e. The van der Waals surface area contributed by atoms with E-state index in [-0.39, 0.29) is 44.2 Å². The molecule has 0 aromatic carbocycles. The summed E-state index contributed by atoms with van der Waals surface area (Å²) in [6, 6.07) is 0. The first-order valence-electron chi connectivity index (χ1n) is 11.0. The fourth-order valence-corrected chi connectivity index (χ4v) is 3.56. The van der Waals surface area contributed by atoms with Crippen LogP contribution in [0.2, 0.25) is 0 Å². The summed E-state index contributed by atoms with van der Waals surface area (Å²) in [5, 5.41) is 32.0. The van der Waals surface area contributed by atoms with Gasteiger partial charge in [0, 0.05) is 18.8 Å². The number of nitrogens with one attached hydrogen (secondary N) is 1. The van der Waals surface area contributed by atoms with Gasteiger partial charge in [0.05, 0.1) is 32.8 Å². The molecule has 0 aromatic heterocycles. The van der Waals surface area contributed by atoms with Gasteiger partial charge in [0.15, 0.2) is 0 Å². The molecule has 0 radical (unpaired) electrons. The van der Waals surface area contributed by atoms with Crippen molar-refractivity contribution in [2.75, 3.05) is 39.3 Å². The Balaban J connectivity index is 0. The monoisotopic (exact) mass is 423 g/mol. The third-order valence-corrected chi connectivity index (χ3v) is 5.28. The molecule has 1 unspecified atom stereocenters. The summed E-state index contributed by atoms with van der Waals surface area (Å²) in [5.41, 5.74) is 0. The molecule has 0 heterocycles. The average molecular weight is 424 g/mol. The van der Waals surface area contributed by atoms with Crippen molar-refractivity contribution in [3.8, 4) is 0 Å². The second-order valence-electron chi connectivity index (χ2n) is 7.80. The largest absolute Gasteiger partial charge is 1.00 e. The summed E-state index contributed by atoms with van der Waals surface area (Å²) in [5.74, 6) is -1.86. The SMILES string of the molecule is CCCCCCC(=O)NCC[N+](CCO)(CCCCC(=O)[O-])CCCCC(=O)O.[Li+]. The van der Waals surface area contributed by atoms with Crippen LogP contribution in [0.15, 0.2) is 0 Å². The van der Waals surface area contributed by atoms with Crippen LogP contribution >= 0.6 is 0 Å². The number of rotatable bonds is 20. The minimum absolute atomic E-state index is 0. The van der Waals surface area contributed by atoms with Crippen molar-refractivity contribution in [1.82, 2.24) is 5.32 Å². The van der Waals surface area contributed by atoms with E-state index in [1.807, 2.05) is 0 Å². The third kappa shape index (κ3) is 17.8. The minimum atomic E-state index is -1.07. The van der Waals surface area contributed by atoms with E-state index >= 15 is 0 Å². The van der Waals surface area contributed by atoms with Gasteiger partial charge < -0.3 is 29.9 Å². The number of carboxylic acids is 2. The molecule has 0 saturated heterocycles. The predicted octanol–water partition coefficient (Wildman–Crippen LogP) is -1.94. The molecule has 30 heavy (non-hydrogen) atoms. The number of hydrogen-bond donors (Lipinski definition) is 3. The topological polar surface area (TPSA) is 127 Å². The van der Waals surface area contributed by atoms with Crippen molar-refractivity contribution in [2.24, 2.45) is 0 Å². The van der Waals surface area contributed by atoms with Crippen LogP contribution in [-0.4, -0.2) is 71.9 Å². The average Bonchev–Trinajstić information content (AvgIpc) is 2.66. The molecule has 9 heteroatoms. The number of carbonyl (C=O) groups excluding carboxylic acids is 2. The van der Waals surface area contributed by atoms with Crippen LogP contribution in [0.25, 0.3) is 0 Å². The smallest absolute Gasteiger partial charge is 0.550 e. The van der Waals surface area contributed by atoms with Crippen molar-refractivity contribution >= 4 is 17.8 Å². The molecule has 0 aromatic rings. The molecule has 1 amide bonds. The number of amides is 1. The van der Waals surface area contributed by atoms with E-state index in [0.717, 1.165) is 25.7 Å². The maximum atomic E-state index is 12.0. The quantitative estimate of drug-likeness (QED) is 0.119. The zero-order chi connectivity index (χ0) is 22.0. The molecule has 170 valence electrons. The first kappa shape index (κ1) is 31.1. The van der Waals surface area contributed by atoms with Gasteiger partial charge >= 0.3 is 24.8 Å². The van der Waals surface area contributed by atoms with Gasteiger partial charge in [0.2, 0.25) is 5.91 Å². The number of nitrogens with zero attached hydrogens (tertiary/aromatic N) is 1. The normalized spacial score (nSPS) is 12.6. The van der Waals surface area contributed by atoms with Crippen LogP contribution in [0.1, 0.15) is 77.6 Å². The van der Waals surface area contributed by atoms with Crippen molar-refractivity contribution in [2.45, 2.75) is 77.6 Å². The number of carbonyl (C=O) groups is 3. The Morgan fingerprint density at radius 2 is 1.43 bits per heavy atom. The fraction of sp³-hybridized carbons (Fsp3) is 0.857. The molecule has 0 bridgehead atoms. The Morgan fingerprint density at radius 3 is 1.97 bits per heavy atom. The summed E-state index contributed by atoms with van der Waals surface area (Å²) in [4.78, 5) is 33.4. The van der Waals surface area contributed by atoms with E-state index in [1.165, 1.54) is 0 Å². The molecule has 0 spiro atoms. The number of quaternary nitrogens is 1. The van der Waals surface area contributed by atoms with Gasteiger partial charge in [0.1, 0.15) is 6.54 Å². The molecule has 1 atom stereocenters. The second-order valence-corrected chi connectivity index (χ2v) is 7.80. The maximum absolute atomic E-state index is 12.0. The molecule has 0 aliphatic rings. The predicted molar refractivity (Wildman–Crippen MR) is 109 cm³/mol. The molecule has 0 rings (SSSR count). The number of aliphatic hydroxyl groups excluding tert-OH is 1. The molecular weight excluding hydrogens is 383 g/mol. The Bertz CT molecular complexity index is 454. The van der Waals surface area contributed by atoms with Crippen LogP contribution in [-0.2, 0) is 14.4 Å². The zero-order valence-corrected chi connectivity index (χ0v) is 19.0. The number of aliphatic hydroxyl groups is 1. The standard InChI is InChI=1S/C21H40N2O6.Li/c1-2-3-4-5-10-19(25)22-13-16-23(17-18-24,14-8-6-11-20(26)27)15-9-7-12-21(28)29;/h24H,2-18H2,1H3,(H2-,22,25,26,27,28,29);/q;+1. The molecule has 3 N–H and O–H groups in total. The van der Waals surface area contributed by atoms with Crippen molar-refractivity contribution < 1.29 is 53.0 Å². The van der Waals surface area contributed by atoms with Gasteiger partial charge in [-0.25, -0.2) is 0 Å². The van der Waals surface area contributed by atoms with Gasteiger partial charge in [-0.05, 0) is 38.5 Å². The van der Waals surface area contributed by atoms with Crippen molar-refractivity contribution in [3.05, 3.63) is 0 Å². The number of aliphatic carboxylic acids is 2. The van der Waals surface area contributed by atoms with E-state index in [0.29, 0.717) is 69.3 Å². The van der Waals surface area contributed by atoms with Crippen molar-refractivity contribution in [1.29, 1.82) is 0 Å². The summed E-state index contributed by atoms with van der Waals surface area (Å²) in [6.45, 7) is 5.14. The van der Waals surface area contributed by atoms with Crippen molar-refractivity contribution in [3.63, 3.8) is 0 Å². The number of unbranched alkanes of at least 4 members (excludes halogenated alkanes) is 5. The minimum Gasteiger partial charge on any atom is -0.550 e. The molecular formula is C21H40LiN2O6+. The Kier molecular flexibility index (Phi) is 20.6. The number of carboxylic acid groups (broad SMARTS) is 2. The Labute approximate surface area is 193 Å². The zero-order valence-electron chi connectivity index (χ0n) is 19.0. The van der Waals surface area contributed by atoms with Gasteiger partial charge in [-0.15, -0.1) is 0 Å². The van der Waals surface area contributed by atoms with E-state index in [2.05, 4.69) is 12.2 Å². The Hall–Kier alpha value is -1.07. The molecule has 0 saturated carbocycles. The number of hydrogen-bond acceptors (Lipinski definition) is 5. The molecule has 0 fully saturated rings. The fourth-order valence-electron chi connectivity index (χ4n) is 3.56. The Morgan fingerprint density at radius 1 is 0.833 bits per heavy atom. The first-order valence-corrected chi connectivity index (χ1v) is 11.0. The van der Waals surface area contributed by atoms with Gasteiger partial charge in [-0.2, -0.15) is 0 Å². The molecule has 8 nitrogen and oxygen atoms in total. The summed E-state index contributed by atoms with van der Waals surface area (Å²) < 4.78 is 0.555.